The van der Waals surface area contributed by atoms with Crippen LogP contribution >= 0.6 is 0 Å². The second-order valence-corrected chi connectivity index (χ2v) is 12.4. The van der Waals surface area contributed by atoms with Gasteiger partial charge >= 0.3 is 0 Å². The van der Waals surface area contributed by atoms with E-state index in [0.29, 0.717) is 54.6 Å². The van der Waals surface area contributed by atoms with E-state index in [0.717, 1.165) is 6.07 Å². The van der Waals surface area contributed by atoms with Gasteiger partial charge in [-0.15, -0.1) is 0 Å². The number of halogens is 4. The summed E-state index contributed by atoms with van der Waals surface area (Å²) in [6.07, 6.45) is 1.52. The first kappa shape index (κ1) is 30.4. The summed E-state index contributed by atoms with van der Waals surface area (Å²) in [5, 5.41) is 6.72. The number of fused-ring (bicyclic) bond motifs is 1. The van der Waals surface area contributed by atoms with Gasteiger partial charge in [0.2, 0.25) is 27.8 Å². The number of hydrogen-bond acceptors (Lipinski definition) is 8. The molecule has 3 heterocycles. The van der Waals surface area contributed by atoms with Crippen LogP contribution in [0.4, 0.5) is 29.2 Å². The van der Waals surface area contributed by atoms with Crippen LogP contribution in [-0.2, 0) is 10.0 Å². The van der Waals surface area contributed by atoms with Crippen LogP contribution in [0.1, 0.15) is 25.3 Å². The summed E-state index contributed by atoms with van der Waals surface area (Å²) in [6, 6.07) is 10.6. The molecule has 0 unspecified atom stereocenters. The Balaban J connectivity index is 1.47. The maximum absolute atomic E-state index is 14.9. The molecule has 228 valence electrons. The fraction of sp³-hybridized carbons (Fsp3) is 0.345. The molecule has 2 aromatic heterocycles. The number of aromatic nitrogens is 3. The highest BCUT2D eigenvalue weighted by molar-refractivity contribution is 7.92. The van der Waals surface area contributed by atoms with Crippen LogP contribution in [0.2, 0.25) is 0 Å². The first-order chi connectivity index (χ1) is 20.4. The standard InChI is InChI=1S/C29H30F4N6O3S/c1-17-5-6-20-21(7-8-23(31)25(20)39-43(40,41)13-10-29(2,32)33)26(17)42-27-22(4-3-11-35-27)24-9-12-36-28(38-24)37-19-14-18(30)15-34-16-19/h3-9,11-12,18-19,34,39H,10,13-16H2,1-2H3,(H,36,37,38)/t18-,19-/m1/s1. The van der Waals surface area contributed by atoms with Crippen LogP contribution < -0.4 is 20.1 Å². The van der Waals surface area contributed by atoms with E-state index in [-0.39, 0.29) is 28.7 Å². The highest BCUT2D eigenvalue weighted by Crippen LogP contribution is 2.40. The molecular formula is C29H30F4N6O3S. The molecular weight excluding hydrogens is 588 g/mol. The van der Waals surface area contributed by atoms with Crippen molar-refractivity contribution in [2.24, 2.45) is 0 Å². The van der Waals surface area contributed by atoms with Gasteiger partial charge < -0.3 is 15.4 Å². The SMILES string of the molecule is Cc1ccc2c(NS(=O)(=O)CCC(C)(F)F)c(F)ccc2c1Oc1ncccc1-c1ccnc(N[C@H]2CNC[C@H](F)C2)n1. The van der Waals surface area contributed by atoms with Crippen LogP contribution in [0.15, 0.2) is 54.9 Å². The average Bonchev–Trinajstić information content (AvgIpc) is 2.95. The van der Waals surface area contributed by atoms with Crippen LogP contribution in [-0.4, -0.2) is 60.3 Å². The molecule has 0 spiro atoms. The van der Waals surface area contributed by atoms with Gasteiger partial charge in [-0.25, -0.2) is 40.9 Å². The van der Waals surface area contributed by atoms with E-state index in [9.17, 15) is 26.0 Å². The fourth-order valence-corrected chi connectivity index (χ4v) is 5.99. The van der Waals surface area contributed by atoms with E-state index in [1.165, 1.54) is 18.3 Å². The van der Waals surface area contributed by atoms with Gasteiger partial charge in [-0.2, -0.15) is 0 Å². The Kier molecular flexibility index (Phi) is 8.69. The quantitative estimate of drug-likeness (QED) is 0.190. The van der Waals surface area contributed by atoms with Crippen LogP contribution in [0, 0.1) is 12.7 Å². The Bertz CT molecular complexity index is 1740. The smallest absolute Gasteiger partial charge is 0.246 e. The van der Waals surface area contributed by atoms with Crippen molar-refractivity contribution in [2.75, 3.05) is 28.9 Å². The molecule has 1 saturated heterocycles. The maximum atomic E-state index is 14.9. The number of ether oxygens (including phenoxy) is 1. The Hall–Kier alpha value is -4.04. The second-order valence-electron chi connectivity index (χ2n) is 10.5. The van der Waals surface area contributed by atoms with Crippen molar-refractivity contribution in [3.63, 3.8) is 0 Å². The van der Waals surface area contributed by atoms with Crippen molar-refractivity contribution in [2.45, 2.75) is 44.8 Å². The highest BCUT2D eigenvalue weighted by Gasteiger charge is 2.27. The van der Waals surface area contributed by atoms with Gasteiger partial charge in [-0.3, -0.25) is 4.72 Å². The molecule has 2 aromatic carbocycles. The number of benzene rings is 2. The van der Waals surface area contributed by atoms with E-state index >= 15 is 0 Å². The predicted molar refractivity (Wildman–Crippen MR) is 156 cm³/mol. The summed E-state index contributed by atoms with van der Waals surface area (Å²) < 4.78 is 88.9. The molecule has 4 aromatic rings. The molecule has 0 radical (unpaired) electrons. The minimum Gasteiger partial charge on any atom is -0.437 e. The summed E-state index contributed by atoms with van der Waals surface area (Å²) >= 11 is 0. The van der Waals surface area contributed by atoms with Crippen molar-refractivity contribution in [1.29, 1.82) is 0 Å². The zero-order chi connectivity index (χ0) is 30.8. The molecule has 1 aliphatic heterocycles. The van der Waals surface area contributed by atoms with Crippen LogP contribution in [0.3, 0.4) is 0 Å². The van der Waals surface area contributed by atoms with E-state index in [2.05, 4.69) is 30.3 Å². The van der Waals surface area contributed by atoms with E-state index < -0.39 is 40.1 Å². The van der Waals surface area contributed by atoms with E-state index in [1.807, 2.05) is 0 Å². The van der Waals surface area contributed by atoms with Gasteiger partial charge in [0, 0.05) is 55.1 Å². The largest absolute Gasteiger partial charge is 0.437 e. The number of aryl methyl sites for hydroxylation is 1. The zero-order valence-electron chi connectivity index (χ0n) is 23.4. The monoisotopic (exact) mass is 618 g/mol. The molecule has 5 rings (SSSR count). The molecule has 43 heavy (non-hydrogen) atoms. The molecule has 14 heteroatoms. The number of nitrogens with zero attached hydrogens (tertiary/aromatic N) is 3. The zero-order valence-corrected chi connectivity index (χ0v) is 24.2. The number of pyridine rings is 1. The third-order valence-corrected chi connectivity index (χ3v) is 8.15. The molecule has 1 fully saturated rings. The van der Waals surface area contributed by atoms with Crippen molar-refractivity contribution in [1.82, 2.24) is 20.3 Å². The normalized spacial score (nSPS) is 17.5. The van der Waals surface area contributed by atoms with Crippen molar-refractivity contribution < 1.29 is 30.7 Å². The third kappa shape index (κ3) is 7.49. The lowest BCUT2D eigenvalue weighted by molar-refractivity contribution is 0.0189. The lowest BCUT2D eigenvalue weighted by Gasteiger charge is -2.26. The third-order valence-electron chi connectivity index (χ3n) is 6.90. The number of rotatable bonds is 10. The summed E-state index contributed by atoms with van der Waals surface area (Å²) in [5.41, 5.74) is 1.26. The van der Waals surface area contributed by atoms with Gasteiger partial charge in [-0.1, -0.05) is 12.1 Å². The molecule has 0 saturated carbocycles. The van der Waals surface area contributed by atoms with Crippen LogP contribution in [0.5, 0.6) is 11.6 Å². The second kappa shape index (κ2) is 12.3. The van der Waals surface area contributed by atoms with Crippen LogP contribution in [0.25, 0.3) is 22.0 Å². The fourth-order valence-electron chi connectivity index (χ4n) is 4.74. The molecule has 1 aliphatic rings. The molecule has 0 aliphatic carbocycles. The summed E-state index contributed by atoms with van der Waals surface area (Å²) in [7, 11) is -4.29. The van der Waals surface area contributed by atoms with Crippen molar-refractivity contribution in [3.05, 3.63) is 66.2 Å². The highest BCUT2D eigenvalue weighted by atomic mass is 32.2. The maximum Gasteiger partial charge on any atom is 0.246 e. The summed E-state index contributed by atoms with van der Waals surface area (Å²) in [4.78, 5) is 13.2. The first-order valence-electron chi connectivity index (χ1n) is 13.6. The average molecular weight is 619 g/mol. The number of hydrogen-bond donors (Lipinski definition) is 3. The minimum absolute atomic E-state index is 0.169. The lowest BCUT2D eigenvalue weighted by Crippen LogP contribution is -2.44. The van der Waals surface area contributed by atoms with Gasteiger partial charge in [0.05, 0.1) is 22.7 Å². The molecule has 9 nitrogen and oxygen atoms in total. The summed E-state index contributed by atoms with van der Waals surface area (Å²) in [6.45, 7) is 3.25. The van der Waals surface area contributed by atoms with E-state index in [1.54, 1.807) is 37.4 Å². The van der Waals surface area contributed by atoms with Gasteiger partial charge in [-0.05, 0) is 49.7 Å². The van der Waals surface area contributed by atoms with E-state index in [4.69, 9.17) is 4.74 Å². The molecule has 3 N–H and O–H groups in total. The van der Waals surface area contributed by atoms with Gasteiger partial charge in [0.25, 0.3) is 0 Å². The van der Waals surface area contributed by atoms with Gasteiger partial charge in [0.1, 0.15) is 17.7 Å². The van der Waals surface area contributed by atoms with Crippen molar-refractivity contribution >= 4 is 32.4 Å². The Labute approximate surface area is 246 Å². The number of anilines is 2. The molecule has 0 bridgehead atoms. The molecule has 2 atom stereocenters. The number of sulfonamides is 1. The summed E-state index contributed by atoms with van der Waals surface area (Å²) in [5.74, 6) is -4.20. The topological polar surface area (TPSA) is 118 Å². The van der Waals surface area contributed by atoms with Gasteiger partial charge in [0.15, 0.2) is 0 Å². The lowest BCUT2D eigenvalue weighted by atomic mass is 10.0. The number of piperidine rings is 1. The number of alkyl halides is 3. The Morgan fingerprint density at radius 1 is 1.07 bits per heavy atom. The Morgan fingerprint density at radius 3 is 2.63 bits per heavy atom. The van der Waals surface area contributed by atoms with Crippen molar-refractivity contribution in [3.8, 4) is 22.9 Å². The first-order valence-corrected chi connectivity index (χ1v) is 15.2. The number of nitrogens with one attached hydrogen (secondary N) is 3. The molecule has 0 amide bonds. The minimum atomic E-state index is -4.29. The predicted octanol–water partition coefficient (Wildman–Crippen LogP) is 5.83. The Morgan fingerprint density at radius 2 is 1.86 bits per heavy atom.